The number of ether oxygens (including phenoxy) is 2. The summed E-state index contributed by atoms with van der Waals surface area (Å²) in [4.78, 5) is 11.6. The summed E-state index contributed by atoms with van der Waals surface area (Å²) < 4.78 is 35.8. The molecule has 1 aromatic carbocycles. The fraction of sp³-hybridized carbons (Fsp3) is 0.462. The van der Waals surface area contributed by atoms with Crippen molar-refractivity contribution >= 4 is 5.97 Å². The van der Waals surface area contributed by atoms with Gasteiger partial charge in [-0.05, 0) is 25.6 Å². The molecule has 4 nitrogen and oxygen atoms in total. The van der Waals surface area contributed by atoms with Gasteiger partial charge in [-0.15, -0.1) is 0 Å². The zero-order valence-corrected chi connectivity index (χ0v) is 10.9. The number of nitrogens with one attached hydrogen (secondary N) is 1. The average Bonchev–Trinajstić information content (AvgIpc) is 2.38. The van der Waals surface area contributed by atoms with Crippen LogP contribution in [0.1, 0.15) is 13.8 Å². The van der Waals surface area contributed by atoms with Crippen molar-refractivity contribution in [1.29, 1.82) is 0 Å². The molecule has 0 radical (unpaired) electrons. The summed E-state index contributed by atoms with van der Waals surface area (Å²) in [5.74, 6) is -2.22. The summed E-state index contributed by atoms with van der Waals surface area (Å²) in [7, 11) is 0. The Morgan fingerprint density at radius 2 is 2.05 bits per heavy atom. The molecule has 0 aromatic heterocycles. The van der Waals surface area contributed by atoms with Crippen LogP contribution in [0.2, 0.25) is 0 Å². The van der Waals surface area contributed by atoms with Gasteiger partial charge in [0.2, 0.25) is 0 Å². The molecule has 1 N–H and O–H groups in total. The van der Waals surface area contributed by atoms with E-state index in [1.165, 1.54) is 6.07 Å². The molecule has 106 valence electrons. The molecule has 0 bridgehead atoms. The molecule has 0 aliphatic carbocycles. The lowest BCUT2D eigenvalue weighted by atomic mass is 10.3. The highest BCUT2D eigenvalue weighted by Crippen LogP contribution is 2.15. The molecule has 1 unspecified atom stereocenters. The number of likely N-dealkylation sites (N-methyl/N-ethyl adjacent to an activating group) is 1. The highest BCUT2D eigenvalue weighted by molar-refractivity contribution is 5.76. The molecule has 0 heterocycles. The van der Waals surface area contributed by atoms with Crippen LogP contribution >= 0.6 is 0 Å². The molecule has 1 atom stereocenters. The van der Waals surface area contributed by atoms with Crippen molar-refractivity contribution in [2.24, 2.45) is 0 Å². The van der Waals surface area contributed by atoms with E-state index < -0.39 is 23.6 Å². The first-order valence-corrected chi connectivity index (χ1v) is 6.06. The van der Waals surface area contributed by atoms with E-state index in [-0.39, 0.29) is 19.0 Å². The third-order valence-electron chi connectivity index (χ3n) is 2.33. The minimum atomic E-state index is -0.992. The van der Waals surface area contributed by atoms with E-state index in [1.54, 1.807) is 6.92 Å². The third kappa shape index (κ3) is 4.82. The molecule has 0 aliphatic rings. The Morgan fingerprint density at radius 1 is 1.32 bits per heavy atom. The Balaban J connectivity index is 2.59. The predicted molar refractivity (Wildman–Crippen MR) is 66.0 cm³/mol. The van der Waals surface area contributed by atoms with Crippen LogP contribution in [-0.4, -0.2) is 31.8 Å². The molecule has 0 saturated carbocycles. The van der Waals surface area contributed by atoms with Crippen LogP contribution in [0.15, 0.2) is 18.2 Å². The lowest BCUT2D eigenvalue weighted by Crippen LogP contribution is -2.42. The van der Waals surface area contributed by atoms with Crippen molar-refractivity contribution in [3.05, 3.63) is 29.8 Å². The highest BCUT2D eigenvalue weighted by atomic mass is 19.2. The molecule has 0 spiro atoms. The van der Waals surface area contributed by atoms with Gasteiger partial charge in [-0.1, -0.05) is 6.92 Å². The first-order chi connectivity index (χ1) is 9.08. The number of carbonyl (C=O) groups is 1. The van der Waals surface area contributed by atoms with Crippen molar-refractivity contribution in [3.8, 4) is 5.75 Å². The zero-order chi connectivity index (χ0) is 14.3. The van der Waals surface area contributed by atoms with E-state index in [0.29, 0.717) is 6.54 Å². The summed E-state index contributed by atoms with van der Waals surface area (Å²) in [6, 6.07) is 2.56. The molecule has 0 fully saturated rings. The third-order valence-corrected chi connectivity index (χ3v) is 2.33. The van der Waals surface area contributed by atoms with E-state index in [4.69, 9.17) is 9.47 Å². The maximum Gasteiger partial charge on any atom is 0.326 e. The molecular formula is C13H17F2NO3. The Bertz CT molecular complexity index is 426. The quantitative estimate of drug-likeness (QED) is 0.771. The normalized spacial score (nSPS) is 12.0. The van der Waals surface area contributed by atoms with Gasteiger partial charge < -0.3 is 14.8 Å². The molecule has 6 heteroatoms. The number of esters is 1. The Labute approximate surface area is 110 Å². The molecular weight excluding hydrogens is 256 g/mol. The first kappa shape index (κ1) is 15.4. The second kappa shape index (κ2) is 7.68. The Morgan fingerprint density at radius 3 is 2.63 bits per heavy atom. The molecule has 19 heavy (non-hydrogen) atoms. The summed E-state index contributed by atoms with van der Waals surface area (Å²) in [5, 5.41) is 2.90. The van der Waals surface area contributed by atoms with Crippen molar-refractivity contribution in [1.82, 2.24) is 5.32 Å². The van der Waals surface area contributed by atoms with Crippen LogP contribution in [0, 0.1) is 11.6 Å². The molecule has 0 saturated heterocycles. The Kier molecular flexibility index (Phi) is 6.21. The van der Waals surface area contributed by atoms with Gasteiger partial charge in [-0.25, -0.2) is 8.78 Å². The van der Waals surface area contributed by atoms with Gasteiger partial charge in [0.05, 0.1) is 6.61 Å². The van der Waals surface area contributed by atoms with Crippen molar-refractivity contribution in [2.75, 3.05) is 19.8 Å². The molecule has 1 rings (SSSR count). The summed E-state index contributed by atoms with van der Waals surface area (Å²) in [6.07, 6.45) is 0. The van der Waals surface area contributed by atoms with E-state index in [9.17, 15) is 13.6 Å². The minimum absolute atomic E-state index is 0.0161. The van der Waals surface area contributed by atoms with Crippen molar-refractivity contribution in [2.45, 2.75) is 19.9 Å². The van der Waals surface area contributed by atoms with Crippen LogP contribution in [0.5, 0.6) is 5.75 Å². The van der Waals surface area contributed by atoms with Crippen molar-refractivity contribution < 1.29 is 23.0 Å². The number of rotatable bonds is 7. The van der Waals surface area contributed by atoms with Crippen LogP contribution in [0.3, 0.4) is 0 Å². The topological polar surface area (TPSA) is 47.6 Å². The predicted octanol–water partition coefficient (Wildman–Crippen LogP) is 1.88. The highest BCUT2D eigenvalue weighted by Gasteiger charge is 2.19. The number of hydrogen-bond acceptors (Lipinski definition) is 4. The lowest BCUT2D eigenvalue weighted by Gasteiger charge is -2.17. The molecule has 1 aromatic rings. The van der Waals surface area contributed by atoms with E-state index >= 15 is 0 Å². The van der Waals surface area contributed by atoms with Gasteiger partial charge >= 0.3 is 5.97 Å². The number of benzene rings is 1. The monoisotopic (exact) mass is 273 g/mol. The number of carbonyl (C=O) groups excluding carboxylic acids is 1. The van der Waals surface area contributed by atoms with Gasteiger partial charge in [-0.2, -0.15) is 0 Å². The largest absolute Gasteiger partial charge is 0.491 e. The Hall–Kier alpha value is -1.69. The fourth-order valence-corrected chi connectivity index (χ4v) is 1.45. The number of halogens is 2. The van der Waals surface area contributed by atoms with E-state index in [2.05, 4.69) is 5.32 Å². The van der Waals surface area contributed by atoms with Gasteiger partial charge in [0, 0.05) is 6.07 Å². The summed E-state index contributed by atoms with van der Waals surface area (Å²) in [6.45, 7) is 4.36. The second-order valence-electron chi connectivity index (χ2n) is 3.75. The molecule has 0 aliphatic heterocycles. The minimum Gasteiger partial charge on any atom is -0.491 e. The van der Waals surface area contributed by atoms with Crippen LogP contribution in [-0.2, 0) is 9.53 Å². The first-order valence-electron chi connectivity index (χ1n) is 6.06. The summed E-state index contributed by atoms with van der Waals surface area (Å²) in [5.41, 5.74) is 0. The van der Waals surface area contributed by atoms with E-state index in [0.717, 1.165) is 12.1 Å². The average molecular weight is 273 g/mol. The summed E-state index contributed by atoms with van der Waals surface area (Å²) >= 11 is 0. The smallest absolute Gasteiger partial charge is 0.326 e. The molecule has 0 amide bonds. The lowest BCUT2D eigenvalue weighted by molar-refractivity contribution is -0.146. The fourth-order valence-electron chi connectivity index (χ4n) is 1.45. The standard InChI is InChI=1S/C13H17F2NO3/c1-3-16-12(13(17)18-4-2)8-19-9-5-6-10(14)11(15)7-9/h5-7,12,16H,3-4,8H2,1-2H3. The maximum atomic E-state index is 13.0. The maximum absolute atomic E-state index is 13.0. The SMILES string of the molecule is CCNC(COc1ccc(F)c(F)c1)C(=O)OCC. The van der Waals surface area contributed by atoms with Gasteiger partial charge in [-0.3, -0.25) is 4.79 Å². The van der Waals surface area contributed by atoms with Crippen molar-refractivity contribution in [3.63, 3.8) is 0 Å². The van der Waals surface area contributed by atoms with Crippen LogP contribution in [0.4, 0.5) is 8.78 Å². The van der Waals surface area contributed by atoms with Gasteiger partial charge in [0.25, 0.3) is 0 Å². The van der Waals surface area contributed by atoms with Gasteiger partial charge in [0.1, 0.15) is 18.4 Å². The van der Waals surface area contributed by atoms with Gasteiger partial charge in [0.15, 0.2) is 11.6 Å². The van der Waals surface area contributed by atoms with Crippen LogP contribution in [0.25, 0.3) is 0 Å². The number of hydrogen-bond donors (Lipinski definition) is 1. The van der Waals surface area contributed by atoms with E-state index in [1.807, 2.05) is 6.92 Å². The van der Waals surface area contributed by atoms with Crippen LogP contribution < -0.4 is 10.1 Å². The second-order valence-corrected chi connectivity index (χ2v) is 3.75. The zero-order valence-electron chi connectivity index (χ0n) is 10.9.